The Labute approximate surface area is 280 Å². The summed E-state index contributed by atoms with van der Waals surface area (Å²) in [4.78, 5) is 4.46. The molecule has 1 heterocycles. The Morgan fingerprint density at radius 1 is 0.604 bits per heavy atom. The van der Waals surface area contributed by atoms with Crippen LogP contribution in [0.2, 0.25) is 0 Å². The summed E-state index contributed by atoms with van der Waals surface area (Å²) in [5.41, 5.74) is 16.5. The van der Waals surface area contributed by atoms with E-state index in [1.165, 1.54) is 44.4 Å². The van der Waals surface area contributed by atoms with Crippen LogP contribution in [0, 0.1) is 22.7 Å². The molecule has 4 heteroatoms. The molecule has 0 unspecified atom stereocenters. The van der Waals surface area contributed by atoms with Gasteiger partial charge in [0.05, 0.1) is 23.4 Å². The summed E-state index contributed by atoms with van der Waals surface area (Å²) in [6.45, 7) is 0. The van der Waals surface area contributed by atoms with Gasteiger partial charge < -0.3 is 5.73 Å². The zero-order valence-electron chi connectivity index (χ0n) is 26.1. The lowest BCUT2D eigenvalue weighted by Gasteiger charge is -2.16. The molecular weight excluding hydrogens is 585 g/mol. The molecule has 2 N–H and O–H groups in total. The average Bonchev–Trinajstić information content (AvgIpc) is 3.16. The lowest BCUT2D eigenvalue weighted by atomic mass is 9.88. The van der Waals surface area contributed by atoms with E-state index in [2.05, 4.69) is 138 Å². The Kier molecular flexibility index (Phi) is 8.30. The van der Waals surface area contributed by atoms with Crippen molar-refractivity contribution in [1.29, 1.82) is 10.5 Å². The summed E-state index contributed by atoms with van der Waals surface area (Å²) in [7, 11) is 0. The number of hydrogen-bond acceptors (Lipinski definition) is 4. The molecule has 226 valence electrons. The van der Waals surface area contributed by atoms with E-state index in [-0.39, 0.29) is 0 Å². The predicted molar refractivity (Wildman–Crippen MR) is 196 cm³/mol. The van der Waals surface area contributed by atoms with Crippen LogP contribution in [-0.2, 0) is 6.42 Å². The van der Waals surface area contributed by atoms with Gasteiger partial charge >= 0.3 is 0 Å². The molecule has 1 aromatic heterocycles. The Bertz CT molecular complexity index is 2440. The van der Waals surface area contributed by atoms with Crippen LogP contribution in [-0.4, -0.2) is 4.98 Å². The number of pyridine rings is 1. The van der Waals surface area contributed by atoms with Crippen LogP contribution in [0.15, 0.2) is 164 Å². The molecule has 0 saturated carbocycles. The van der Waals surface area contributed by atoms with E-state index in [4.69, 9.17) is 5.73 Å². The first kappa shape index (κ1) is 29.9. The number of allylic oxidation sites excluding steroid dienone is 3. The zero-order valence-corrected chi connectivity index (χ0v) is 26.1. The highest BCUT2D eigenvalue weighted by Crippen LogP contribution is 2.41. The van der Waals surface area contributed by atoms with Crippen molar-refractivity contribution in [2.45, 2.75) is 6.42 Å². The maximum atomic E-state index is 9.30. The molecule has 0 amide bonds. The molecule has 48 heavy (non-hydrogen) atoms. The van der Waals surface area contributed by atoms with E-state index in [0.717, 1.165) is 33.5 Å². The fourth-order valence-electron chi connectivity index (χ4n) is 6.35. The SMILES string of the molecule is N#CC(/C=C\N)=C/Cc1ccc(-c2ccc(-c3ccc(-c4ccc(-c5cc(C#N)ccn5)cc4)c4ccccc34)c3ccccc23)cc1. The molecule has 7 rings (SSSR count). The van der Waals surface area contributed by atoms with Crippen LogP contribution < -0.4 is 5.73 Å². The van der Waals surface area contributed by atoms with Crippen molar-refractivity contribution >= 4 is 21.5 Å². The monoisotopic (exact) mass is 614 g/mol. The summed E-state index contributed by atoms with van der Waals surface area (Å²) in [5, 5.41) is 23.4. The minimum Gasteiger partial charge on any atom is -0.405 e. The van der Waals surface area contributed by atoms with Crippen molar-refractivity contribution in [1.82, 2.24) is 4.98 Å². The fraction of sp³-hybridized carbons (Fsp3) is 0.0227. The van der Waals surface area contributed by atoms with Crippen LogP contribution in [0.4, 0.5) is 0 Å². The Morgan fingerprint density at radius 2 is 1.10 bits per heavy atom. The smallest absolute Gasteiger partial charge is 0.0992 e. The van der Waals surface area contributed by atoms with E-state index in [0.29, 0.717) is 17.6 Å². The van der Waals surface area contributed by atoms with E-state index >= 15 is 0 Å². The van der Waals surface area contributed by atoms with Crippen LogP contribution in [0.5, 0.6) is 0 Å². The summed E-state index contributed by atoms with van der Waals surface area (Å²) in [6, 6.07) is 51.0. The molecule has 0 saturated heterocycles. The maximum Gasteiger partial charge on any atom is 0.0992 e. The van der Waals surface area contributed by atoms with Gasteiger partial charge in [0, 0.05) is 17.3 Å². The van der Waals surface area contributed by atoms with Crippen LogP contribution in [0.1, 0.15) is 11.1 Å². The molecule has 7 aromatic rings. The number of aromatic nitrogens is 1. The quantitative estimate of drug-likeness (QED) is 0.143. The summed E-state index contributed by atoms with van der Waals surface area (Å²) >= 11 is 0. The number of fused-ring (bicyclic) bond motifs is 2. The predicted octanol–water partition coefficient (Wildman–Crippen LogP) is 10.4. The van der Waals surface area contributed by atoms with Gasteiger partial charge in [-0.2, -0.15) is 10.5 Å². The van der Waals surface area contributed by atoms with Crippen molar-refractivity contribution in [3.8, 4) is 56.8 Å². The number of nitriles is 2. The normalized spacial score (nSPS) is 11.5. The van der Waals surface area contributed by atoms with Crippen LogP contribution >= 0.6 is 0 Å². The van der Waals surface area contributed by atoms with E-state index in [1.807, 2.05) is 12.1 Å². The molecule has 0 radical (unpaired) electrons. The first-order valence-corrected chi connectivity index (χ1v) is 15.8. The first-order valence-electron chi connectivity index (χ1n) is 15.8. The highest BCUT2D eigenvalue weighted by molar-refractivity contribution is 6.12. The van der Waals surface area contributed by atoms with Gasteiger partial charge in [-0.05, 0) is 91.3 Å². The van der Waals surface area contributed by atoms with Gasteiger partial charge in [-0.1, -0.05) is 127 Å². The highest BCUT2D eigenvalue weighted by Gasteiger charge is 2.14. The largest absolute Gasteiger partial charge is 0.405 e. The molecule has 0 aliphatic heterocycles. The van der Waals surface area contributed by atoms with Gasteiger partial charge in [-0.3, -0.25) is 4.98 Å². The topological polar surface area (TPSA) is 86.5 Å². The zero-order chi connectivity index (χ0) is 32.9. The third-order valence-corrected chi connectivity index (χ3v) is 8.75. The average molecular weight is 615 g/mol. The van der Waals surface area contributed by atoms with Crippen molar-refractivity contribution in [2.24, 2.45) is 5.73 Å². The first-order chi connectivity index (χ1) is 23.7. The van der Waals surface area contributed by atoms with Crippen LogP contribution in [0.3, 0.4) is 0 Å². The Hall–Kier alpha value is -6.75. The van der Waals surface area contributed by atoms with Gasteiger partial charge in [0.25, 0.3) is 0 Å². The third-order valence-electron chi connectivity index (χ3n) is 8.75. The highest BCUT2D eigenvalue weighted by atomic mass is 14.7. The summed E-state index contributed by atoms with van der Waals surface area (Å²) in [5.74, 6) is 0. The van der Waals surface area contributed by atoms with E-state index < -0.39 is 0 Å². The lowest BCUT2D eigenvalue weighted by molar-refractivity contribution is 1.25. The van der Waals surface area contributed by atoms with Crippen LogP contribution in [0.25, 0.3) is 66.2 Å². The Morgan fingerprint density at radius 3 is 1.62 bits per heavy atom. The van der Waals surface area contributed by atoms with Crippen molar-refractivity contribution in [3.63, 3.8) is 0 Å². The molecular formula is C44H30N4. The minimum absolute atomic E-state index is 0.554. The van der Waals surface area contributed by atoms with Crippen molar-refractivity contribution < 1.29 is 0 Å². The summed E-state index contributed by atoms with van der Waals surface area (Å²) < 4.78 is 0. The van der Waals surface area contributed by atoms with Gasteiger partial charge in [-0.25, -0.2) is 0 Å². The second kappa shape index (κ2) is 13.3. The summed E-state index contributed by atoms with van der Waals surface area (Å²) in [6.07, 6.45) is 7.24. The number of nitrogens with zero attached hydrogens (tertiary/aromatic N) is 3. The fourth-order valence-corrected chi connectivity index (χ4v) is 6.35. The molecule has 0 fully saturated rings. The molecule has 0 aliphatic carbocycles. The van der Waals surface area contributed by atoms with Crippen molar-refractivity contribution in [3.05, 3.63) is 175 Å². The lowest BCUT2D eigenvalue weighted by Crippen LogP contribution is -1.90. The van der Waals surface area contributed by atoms with Gasteiger partial charge in [0.2, 0.25) is 0 Å². The molecule has 0 spiro atoms. The Balaban J connectivity index is 1.25. The molecule has 0 aliphatic rings. The molecule has 4 nitrogen and oxygen atoms in total. The minimum atomic E-state index is 0.554. The number of hydrogen-bond donors (Lipinski definition) is 1. The van der Waals surface area contributed by atoms with Gasteiger partial charge in [0.15, 0.2) is 0 Å². The van der Waals surface area contributed by atoms with Gasteiger partial charge in [0.1, 0.15) is 0 Å². The standard InChI is InChI=1S/C44H30N4/c45-25-23-31(28-46)10-9-30-11-13-33(14-12-30)36-19-21-42(40-7-3-1-5-38(36)40)43-22-20-37(39-6-2-4-8-41(39)43)34-15-17-35(18-16-34)44-27-32(29-47)24-26-48-44/h1-8,10-27H,9,45H2/b25-23-,31-10+. The number of nitrogens with two attached hydrogens (primary N) is 1. The van der Waals surface area contributed by atoms with E-state index in [9.17, 15) is 10.5 Å². The second-order valence-corrected chi connectivity index (χ2v) is 11.6. The van der Waals surface area contributed by atoms with E-state index in [1.54, 1.807) is 18.3 Å². The number of rotatable bonds is 7. The molecule has 0 bridgehead atoms. The third kappa shape index (κ3) is 5.83. The maximum absolute atomic E-state index is 9.30. The molecule has 0 atom stereocenters. The second-order valence-electron chi connectivity index (χ2n) is 11.6. The van der Waals surface area contributed by atoms with Crippen molar-refractivity contribution in [2.75, 3.05) is 0 Å². The number of benzene rings is 6. The van der Waals surface area contributed by atoms with Gasteiger partial charge in [-0.15, -0.1) is 0 Å². The molecule has 6 aromatic carbocycles.